The Kier molecular flexibility index (Phi) is 2.31. The van der Waals surface area contributed by atoms with Crippen LogP contribution in [-0.4, -0.2) is 15.0 Å². The molecule has 0 N–H and O–H groups in total. The van der Waals surface area contributed by atoms with E-state index in [2.05, 4.69) is 23.8 Å². The first-order valence-electron chi connectivity index (χ1n) is 4.76. The van der Waals surface area contributed by atoms with Crippen molar-refractivity contribution in [1.82, 2.24) is 15.0 Å². The van der Waals surface area contributed by atoms with E-state index in [1.165, 1.54) is 5.57 Å². The fraction of sp³-hybridized carbons (Fsp3) is 0.273. The van der Waals surface area contributed by atoms with Gasteiger partial charge < -0.3 is 0 Å². The molecule has 0 aliphatic heterocycles. The third kappa shape index (κ3) is 1.53. The van der Waals surface area contributed by atoms with E-state index in [9.17, 15) is 0 Å². The van der Waals surface area contributed by atoms with Crippen LogP contribution in [0, 0.1) is 0 Å². The van der Waals surface area contributed by atoms with Gasteiger partial charge in [-0.25, -0.2) is 4.68 Å². The van der Waals surface area contributed by atoms with Crippen LogP contribution in [-0.2, 0) is 6.54 Å². The third-order valence-corrected chi connectivity index (χ3v) is 2.29. The maximum Gasteiger partial charge on any atom is 0.113 e. The summed E-state index contributed by atoms with van der Waals surface area (Å²) in [6.07, 6.45) is 0.980. The van der Waals surface area contributed by atoms with Crippen LogP contribution in [0.15, 0.2) is 36.4 Å². The van der Waals surface area contributed by atoms with Crippen molar-refractivity contribution < 1.29 is 0 Å². The fourth-order valence-corrected chi connectivity index (χ4v) is 1.36. The monoisotopic (exact) mass is 187 g/mol. The molecule has 3 nitrogen and oxygen atoms in total. The van der Waals surface area contributed by atoms with E-state index in [0.29, 0.717) is 0 Å². The molecule has 72 valence electrons. The van der Waals surface area contributed by atoms with E-state index in [-0.39, 0.29) is 0 Å². The predicted molar refractivity (Wildman–Crippen MR) is 57.0 cm³/mol. The van der Waals surface area contributed by atoms with E-state index in [1.54, 1.807) is 0 Å². The lowest BCUT2D eigenvalue weighted by Gasteiger charge is -2.02. The van der Waals surface area contributed by atoms with Crippen molar-refractivity contribution in [3.63, 3.8) is 0 Å². The van der Waals surface area contributed by atoms with Crippen molar-refractivity contribution in [1.29, 1.82) is 0 Å². The Balaban J connectivity index is 2.38. The molecule has 3 heteroatoms. The molecular formula is C11H13N3. The second kappa shape index (κ2) is 3.62. The number of benzene rings is 1. The minimum Gasteiger partial charge on any atom is -0.241 e. The largest absolute Gasteiger partial charge is 0.241 e. The molecule has 1 heterocycles. The van der Waals surface area contributed by atoms with Crippen molar-refractivity contribution in [3.8, 4) is 0 Å². The first-order valence-corrected chi connectivity index (χ1v) is 4.76. The zero-order valence-electron chi connectivity index (χ0n) is 8.27. The van der Waals surface area contributed by atoms with Gasteiger partial charge in [-0.3, -0.25) is 0 Å². The smallest absolute Gasteiger partial charge is 0.113 e. The van der Waals surface area contributed by atoms with Gasteiger partial charge in [-0.15, -0.1) is 5.10 Å². The van der Waals surface area contributed by atoms with Crippen LogP contribution in [0.1, 0.15) is 13.3 Å². The molecule has 0 saturated heterocycles. The number of hydrogen-bond donors (Lipinski definition) is 0. The van der Waals surface area contributed by atoms with E-state index in [1.807, 2.05) is 28.9 Å². The second-order valence-corrected chi connectivity index (χ2v) is 3.34. The zero-order valence-corrected chi connectivity index (χ0v) is 8.27. The molecule has 0 atom stereocenters. The number of rotatable bonds is 3. The fourth-order valence-electron chi connectivity index (χ4n) is 1.36. The van der Waals surface area contributed by atoms with Crippen LogP contribution in [0.3, 0.4) is 0 Å². The van der Waals surface area contributed by atoms with Crippen molar-refractivity contribution in [2.24, 2.45) is 0 Å². The van der Waals surface area contributed by atoms with E-state index in [0.717, 1.165) is 24.0 Å². The number of para-hydroxylation sites is 1. The van der Waals surface area contributed by atoms with Gasteiger partial charge in [0.2, 0.25) is 0 Å². The van der Waals surface area contributed by atoms with Crippen LogP contribution in [0.2, 0.25) is 0 Å². The Bertz CT molecular complexity index is 456. The molecule has 0 bridgehead atoms. The Morgan fingerprint density at radius 1 is 1.43 bits per heavy atom. The zero-order chi connectivity index (χ0) is 9.97. The Morgan fingerprint density at radius 3 is 3.00 bits per heavy atom. The maximum absolute atomic E-state index is 4.09. The summed E-state index contributed by atoms with van der Waals surface area (Å²) in [4.78, 5) is 0. The Hall–Kier alpha value is -1.64. The van der Waals surface area contributed by atoms with Crippen LogP contribution in [0.5, 0.6) is 0 Å². The quantitative estimate of drug-likeness (QED) is 0.691. The molecule has 0 amide bonds. The van der Waals surface area contributed by atoms with Gasteiger partial charge in [0.25, 0.3) is 0 Å². The van der Waals surface area contributed by atoms with Crippen LogP contribution in [0.4, 0.5) is 0 Å². The summed E-state index contributed by atoms with van der Waals surface area (Å²) in [7, 11) is 0. The van der Waals surface area contributed by atoms with Gasteiger partial charge in [0.1, 0.15) is 5.52 Å². The lowest BCUT2D eigenvalue weighted by Crippen LogP contribution is -2.01. The maximum atomic E-state index is 4.09. The van der Waals surface area contributed by atoms with Gasteiger partial charge >= 0.3 is 0 Å². The number of aromatic nitrogens is 3. The molecule has 0 fully saturated rings. The molecule has 1 aromatic heterocycles. The summed E-state index contributed by atoms with van der Waals surface area (Å²) < 4.78 is 1.89. The first kappa shape index (κ1) is 8.94. The van der Waals surface area contributed by atoms with Crippen molar-refractivity contribution >= 4 is 11.0 Å². The summed E-state index contributed by atoms with van der Waals surface area (Å²) in [5.74, 6) is 0. The summed E-state index contributed by atoms with van der Waals surface area (Å²) in [5, 5.41) is 8.17. The second-order valence-electron chi connectivity index (χ2n) is 3.34. The summed E-state index contributed by atoms with van der Waals surface area (Å²) in [6.45, 7) is 6.83. The highest BCUT2D eigenvalue weighted by atomic mass is 15.4. The molecule has 2 rings (SSSR count). The molecule has 14 heavy (non-hydrogen) atoms. The topological polar surface area (TPSA) is 30.7 Å². The summed E-state index contributed by atoms with van der Waals surface area (Å²) in [6, 6.07) is 7.96. The summed E-state index contributed by atoms with van der Waals surface area (Å²) >= 11 is 0. The van der Waals surface area contributed by atoms with Crippen molar-refractivity contribution in [2.75, 3.05) is 0 Å². The molecule has 1 aromatic carbocycles. The highest BCUT2D eigenvalue weighted by Gasteiger charge is 2.02. The van der Waals surface area contributed by atoms with E-state index in [4.69, 9.17) is 0 Å². The van der Waals surface area contributed by atoms with E-state index >= 15 is 0 Å². The SMILES string of the molecule is C=C(CC)Cn1nnc2ccccc21. The first-order chi connectivity index (χ1) is 6.81. The van der Waals surface area contributed by atoms with Gasteiger partial charge in [-0.05, 0) is 18.6 Å². The van der Waals surface area contributed by atoms with Crippen molar-refractivity contribution in [2.45, 2.75) is 19.9 Å². The molecule has 0 aliphatic carbocycles. The summed E-state index contributed by atoms with van der Waals surface area (Å²) in [5.41, 5.74) is 3.18. The lowest BCUT2D eigenvalue weighted by atomic mass is 10.2. The predicted octanol–water partition coefficient (Wildman–Crippen LogP) is 2.40. The van der Waals surface area contributed by atoms with Crippen molar-refractivity contribution in [3.05, 3.63) is 36.4 Å². The number of nitrogens with zero attached hydrogens (tertiary/aromatic N) is 3. The highest BCUT2D eigenvalue weighted by molar-refractivity contribution is 5.73. The molecular weight excluding hydrogens is 174 g/mol. The molecule has 2 aromatic rings. The van der Waals surface area contributed by atoms with Gasteiger partial charge in [-0.1, -0.05) is 36.4 Å². The van der Waals surface area contributed by atoms with Crippen LogP contribution < -0.4 is 0 Å². The van der Waals surface area contributed by atoms with Gasteiger partial charge in [0.15, 0.2) is 0 Å². The van der Waals surface area contributed by atoms with Gasteiger partial charge in [0.05, 0.1) is 12.1 Å². The van der Waals surface area contributed by atoms with E-state index < -0.39 is 0 Å². The van der Waals surface area contributed by atoms with Crippen LogP contribution in [0.25, 0.3) is 11.0 Å². The minimum absolute atomic E-state index is 0.761. The van der Waals surface area contributed by atoms with Crippen LogP contribution >= 0.6 is 0 Å². The normalized spacial score (nSPS) is 10.6. The molecule has 0 aliphatic rings. The van der Waals surface area contributed by atoms with Gasteiger partial charge in [0, 0.05) is 0 Å². The van der Waals surface area contributed by atoms with Gasteiger partial charge in [-0.2, -0.15) is 0 Å². The lowest BCUT2D eigenvalue weighted by molar-refractivity contribution is 0.651. The number of hydrogen-bond acceptors (Lipinski definition) is 2. The molecule has 0 unspecified atom stereocenters. The third-order valence-electron chi connectivity index (χ3n) is 2.29. The molecule has 0 radical (unpaired) electrons. The average molecular weight is 187 g/mol. The Morgan fingerprint density at radius 2 is 2.21 bits per heavy atom. The number of allylic oxidation sites excluding steroid dienone is 1. The number of fused-ring (bicyclic) bond motifs is 1. The Labute approximate surface area is 83.0 Å². The molecule has 0 spiro atoms. The average Bonchev–Trinajstić information content (AvgIpc) is 2.62. The standard InChI is InChI=1S/C11H13N3/c1-3-9(2)8-14-11-7-5-4-6-10(11)12-13-14/h4-7H,2-3,8H2,1H3. The minimum atomic E-state index is 0.761. The highest BCUT2D eigenvalue weighted by Crippen LogP contribution is 2.11. The molecule has 0 saturated carbocycles.